The van der Waals surface area contributed by atoms with Crippen molar-refractivity contribution in [2.45, 2.75) is 45.6 Å². The van der Waals surface area contributed by atoms with Gasteiger partial charge in [-0.15, -0.1) is 24.0 Å². The molecule has 2 N–H and O–H groups in total. The van der Waals surface area contributed by atoms with Gasteiger partial charge in [0.05, 0.1) is 7.11 Å². The average Bonchev–Trinajstić information content (AvgIpc) is 3.05. The van der Waals surface area contributed by atoms with Crippen LogP contribution in [0.15, 0.2) is 23.3 Å². The molecule has 0 atom stereocenters. The van der Waals surface area contributed by atoms with Crippen molar-refractivity contribution in [1.29, 1.82) is 0 Å². The zero-order valence-corrected chi connectivity index (χ0v) is 16.7. The van der Waals surface area contributed by atoms with E-state index in [1.165, 1.54) is 32.1 Å². The van der Waals surface area contributed by atoms with Gasteiger partial charge in [-0.2, -0.15) is 0 Å². The van der Waals surface area contributed by atoms with Gasteiger partial charge in [-0.25, -0.2) is 4.98 Å². The van der Waals surface area contributed by atoms with E-state index in [1.54, 1.807) is 13.3 Å². The van der Waals surface area contributed by atoms with Crippen molar-refractivity contribution in [3.05, 3.63) is 23.9 Å². The maximum absolute atomic E-state index is 5.27. The minimum atomic E-state index is 0. The molecule has 0 unspecified atom stereocenters. The minimum absolute atomic E-state index is 0. The number of pyridine rings is 1. The van der Waals surface area contributed by atoms with E-state index in [0.717, 1.165) is 18.1 Å². The highest BCUT2D eigenvalue weighted by Crippen LogP contribution is 2.40. The summed E-state index contributed by atoms with van der Waals surface area (Å²) in [6, 6.07) is 3.93. The first-order valence-corrected chi connectivity index (χ1v) is 8.15. The Bertz CT molecular complexity index is 501. The third-order valence-electron chi connectivity index (χ3n) is 4.76. The summed E-state index contributed by atoms with van der Waals surface area (Å²) in [6.45, 7) is 3.94. The summed E-state index contributed by atoms with van der Waals surface area (Å²) in [7, 11) is 3.45. The lowest BCUT2D eigenvalue weighted by molar-refractivity contribution is 0.283. The molecule has 1 saturated carbocycles. The molecule has 23 heavy (non-hydrogen) atoms. The van der Waals surface area contributed by atoms with Crippen molar-refractivity contribution in [2.75, 3.05) is 20.7 Å². The Labute approximate surface area is 156 Å². The molecule has 5 nitrogen and oxygen atoms in total. The first-order chi connectivity index (χ1) is 10.7. The lowest BCUT2D eigenvalue weighted by Gasteiger charge is -2.28. The van der Waals surface area contributed by atoms with Crippen LogP contribution < -0.4 is 15.4 Å². The van der Waals surface area contributed by atoms with E-state index in [1.807, 2.05) is 19.2 Å². The molecule has 0 spiro atoms. The van der Waals surface area contributed by atoms with Gasteiger partial charge >= 0.3 is 0 Å². The predicted molar refractivity (Wildman–Crippen MR) is 106 cm³/mol. The Balaban J connectivity index is 0.00000264. The third kappa shape index (κ3) is 5.51. The Morgan fingerprint density at radius 1 is 1.35 bits per heavy atom. The van der Waals surface area contributed by atoms with E-state index in [2.05, 4.69) is 27.5 Å². The number of halogens is 1. The zero-order chi connectivity index (χ0) is 15.8. The molecule has 1 fully saturated rings. The molecule has 6 heteroatoms. The van der Waals surface area contributed by atoms with Crippen molar-refractivity contribution in [2.24, 2.45) is 10.4 Å². The van der Waals surface area contributed by atoms with Gasteiger partial charge in [-0.1, -0.05) is 25.8 Å². The molecule has 1 aromatic rings. The van der Waals surface area contributed by atoms with Crippen molar-refractivity contribution in [1.82, 2.24) is 15.6 Å². The second-order valence-electron chi connectivity index (χ2n) is 6.01. The van der Waals surface area contributed by atoms with Gasteiger partial charge in [0.1, 0.15) is 0 Å². The lowest BCUT2D eigenvalue weighted by atomic mass is 9.83. The molecule has 0 aromatic carbocycles. The summed E-state index contributed by atoms with van der Waals surface area (Å²) in [4.78, 5) is 8.53. The van der Waals surface area contributed by atoms with E-state index in [-0.39, 0.29) is 24.0 Å². The van der Waals surface area contributed by atoms with Gasteiger partial charge in [0, 0.05) is 31.9 Å². The van der Waals surface area contributed by atoms with Crippen LogP contribution in [0.2, 0.25) is 0 Å². The van der Waals surface area contributed by atoms with Gasteiger partial charge < -0.3 is 15.4 Å². The Hall–Kier alpha value is -1.05. The van der Waals surface area contributed by atoms with Crippen LogP contribution in [0, 0.1) is 5.41 Å². The Morgan fingerprint density at radius 2 is 2.09 bits per heavy atom. The van der Waals surface area contributed by atoms with E-state index in [9.17, 15) is 0 Å². The predicted octanol–water partition coefficient (Wildman–Crippen LogP) is 3.34. The van der Waals surface area contributed by atoms with Crippen LogP contribution in [0.25, 0.3) is 0 Å². The van der Waals surface area contributed by atoms with Crippen LogP contribution in [0.1, 0.15) is 44.6 Å². The SMILES string of the molecule is CCC1(CNC(=NC)NCc2cccnc2OC)CCCC1.I. The second-order valence-corrected chi connectivity index (χ2v) is 6.01. The molecular weight excluding hydrogens is 403 g/mol. The van der Waals surface area contributed by atoms with Crippen molar-refractivity contribution in [3.8, 4) is 5.88 Å². The van der Waals surface area contributed by atoms with Gasteiger partial charge in [0.2, 0.25) is 5.88 Å². The minimum Gasteiger partial charge on any atom is -0.481 e. The van der Waals surface area contributed by atoms with Crippen molar-refractivity contribution >= 4 is 29.9 Å². The topological polar surface area (TPSA) is 58.5 Å². The van der Waals surface area contributed by atoms with Gasteiger partial charge in [-0.3, -0.25) is 4.99 Å². The fourth-order valence-corrected chi connectivity index (χ4v) is 3.19. The van der Waals surface area contributed by atoms with Gasteiger partial charge in [-0.05, 0) is 30.7 Å². The summed E-state index contributed by atoms with van der Waals surface area (Å²) in [5, 5.41) is 6.83. The number of hydrogen-bond donors (Lipinski definition) is 2. The normalized spacial score (nSPS) is 16.6. The molecule has 2 rings (SSSR count). The lowest BCUT2D eigenvalue weighted by Crippen LogP contribution is -2.42. The number of nitrogens with one attached hydrogen (secondary N) is 2. The molecule has 1 aliphatic rings. The van der Waals surface area contributed by atoms with Crippen LogP contribution >= 0.6 is 24.0 Å². The summed E-state index contributed by atoms with van der Waals surface area (Å²) < 4.78 is 5.27. The number of rotatable bonds is 6. The smallest absolute Gasteiger partial charge is 0.218 e. The number of aromatic nitrogens is 1. The first-order valence-electron chi connectivity index (χ1n) is 8.15. The Morgan fingerprint density at radius 3 is 2.70 bits per heavy atom. The van der Waals surface area contributed by atoms with E-state index in [4.69, 9.17) is 4.74 Å². The number of guanidine groups is 1. The van der Waals surface area contributed by atoms with Crippen LogP contribution in [0.5, 0.6) is 5.88 Å². The van der Waals surface area contributed by atoms with Crippen LogP contribution in [-0.4, -0.2) is 31.6 Å². The number of aliphatic imine (C=N–C) groups is 1. The van der Waals surface area contributed by atoms with E-state index < -0.39 is 0 Å². The van der Waals surface area contributed by atoms with E-state index in [0.29, 0.717) is 17.8 Å². The Kier molecular flexibility index (Phi) is 8.65. The maximum Gasteiger partial charge on any atom is 0.218 e. The van der Waals surface area contributed by atoms with Crippen molar-refractivity contribution < 1.29 is 4.74 Å². The molecule has 0 saturated heterocycles. The van der Waals surface area contributed by atoms with Gasteiger partial charge in [0.15, 0.2) is 5.96 Å². The largest absolute Gasteiger partial charge is 0.481 e. The summed E-state index contributed by atoms with van der Waals surface area (Å²) in [5.41, 5.74) is 1.47. The fourth-order valence-electron chi connectivity index (χ4n) is 3.19. The summed E-state index contributed by atoms with van der Waals surface area (Å²) in [6.07, 6.45) is 8.32. The standard InChI is InChI=1S/C17H28N4O.HI/c1-4-17(9-5-6-10-17)13-21-16(18-2)20-12-14-8-7-11-19-15(14)22-3;/h7-8,11H,4-6,9-10,12-13H2,1-3H3,(H2,18,20,21);1H. The number of nitrogens with zero attached hydrogens (tertiary/aromatic N) is 2. The quantitative estimate of drug-likeness (QED) is 0.411. The monoisotopic (exact) mass is 432 g/mol. The summed E-state index contributed by atoms with van der Waals surface area (Å²) >= 11 is 0. The highest BCUT2D eigenvalue weighted by molar-refractivity contribution is 14.0. The van der Waals surface area contributed by atoms with E-state index >= 15 is 0 Å². The highest BCUT2D eigenvalue weighted by Gasteiger charge is 2.31. The maximum atomic E-state index is 5.27. The fraction of sp³-hybridized carbons (Fsp3) is 0.647. The molecule has 1 aromatic heterocycles. The summed E-state index contributed by atoms with van der Waals surface area (Å²) in [5.74, 6) is 1.50. The molecule has 130 valence electrons. The van der Waals surface area contributed by atoms with Crippen LogP contribution in [0.4, 0.5) is 0 Å². The molecule has 0 bridgehead atoms. The number of methoxy groups -OCH3 is 1. The molecule has 0 aliphatic heterocycles. The second kappa shape index (κ2) is 9.95. The molecule has 0 radical (unpaired) electrons. The van der Waals surface area contributed by atoms with Gasteiger partial charge in [0.25, 0.3) is 0 Å². The van der Waals surface area contributed by atoms with Crippen LogP contribution in [-0.2, 0) is 6.54 Å². The third-order valence-corrected chi connectivity index (χ3v) is 4.76. The average molecular weight is 432 g/mol. The molecule has 1 heterocycles. The molecule has 1 aliphatic carbocycles. The molecule has 0 amide bonds. The zero-order valence-electron chi connectivity index (χ0n) is 14.4. The first kappa shape index (κ1) is 20.0. The highest BCUT2D eigenvalue weighted by atomic mass is 127. The molecular formula is C17H29IN4O. The van der Waals surface area contributed by atoms with Crippen LogP contribution in [0.3, 0.4) is 0 Å². The van der Waals surface area contributed by atoms with Crippen molar-refractivity contribution in [3.63, 3.8) is 0 Å². The number of hydrogen-bond acceptors (Lipinski definition) is 3. The number of ether oxygens (including phenoxy) is 1.